The third-order valence-corrected chi connectivity index (χ3v) is 3.41. The summed E-state index contributed by atoms with van der Waals surface area (Å²) in [5.74, 6) is -1.09. The van der Waals surface area contributed by atoms with Crippen molar-refractivity contribution in [2.75, 3.05) is 0 Å². The highest BCUT2D eigenvalue weighted by molar-refractivity contribution is 7.18. The standard InChI is InChI=1S/C11H8N4O2S/c1-6-12-8-4-7(2-3-10(8)18-6)15-5-9(11(16)17)13-14-15/h2-5H,1H3,(H,16,17). The zero-order valence-electron chi connectivity index (χ0n) is 9.36. The molecule has 18 heavy (non-hydrogen) atoms. The van der Waals surface area contributed by atoms with Gasteiger partial charge in [-0.1, -0.05) is 5.21 Å². The van der Waals surface area contributed by atoms with Gasteiger partial charge in [0.05, 0.1) is 27.1 Å². The summed E-state index contributed by atoms with van der Waals surface area (Å²) < 4.78 is 2.52. The van der Waals surface area contributed by atoms with Gasteiger partial charge in [0.25, 0.3) is 0 Å². The van der Waals surface area contributed by atoms with Crippen LogP contribution in [0.5, 0.6) is 0 Å². The van der Waals surface area contributed by atoms with E-state index in [1.807, 2.05) is 25.1 Å². The van der Waals surface area contributed by atoms with Crippen molar-refractivity contribution in [3.05, 3.63) is 35.1 Å². The molecule has 1 aromatic carbocycles. The molecule has 0 amide bonds. The Labute approximate surface area is 106 Å². The minimum absolute atomic E-state index is 0.0791. The minimum Gasteiger partial charge on any atom is -0.476 e. The highest BCUT2D eigenvalue weighted by atomic mass is 32.1. The monoisotopic (exact) mass is 260 g/mol. The van der Waals surface area contributed by atoms with Crippen LogP contribution in [0.15, 0.2) is 24.4 Å². The van der Waals surface area contributed by atoms with Gasteiger partial charge < -0.3 is 5.11 Å². The summed E-state index contributed by atoms with van der Waals surface area (Å²) in [4.78, 5) is 15.1. The van der Waals surface area contributed by atoms with Crippen molar-refractivity contribution >= 4 is 27.5 Å². The first-order valence-electron chi connectivity index (χ1n) is 5.17. The molecule has 2 aromatic heterocycles. The van der Waals surface area contributed by atoms with E-state index >= 15 is 0 Å². The number of aryl methyl sites for hydroxylation is 1. The Hall–Kier alpha value is -2.28. The van der Waals surface area contributed by atoms with Gasteiger partial charge in [0.1, 0.15) is 0 Å². The first kappa shape index (κ1) is 10.8. The number of aromatic carboxylic acids is 1. The van der Waals surface area contributed by atoms with Gasteiger partial charge in [0.2, 0.25) is 0 Å². The second-order valence-electron chi connectivity index (χ2n) is 3.74. The van der Waals surface area contributed by atoms with Gasteiger partial charge in [-0.05, 0) is 25.1 Å². The van der Waals surface area contributed by atoms with Crippen LogP contribution in [0.1, 0.15) is 15.5 Å². The Morgan fingerprint density at radius 1 is 1.44 bits per heavy atom. The maximum atomic E-state index is 10.7. The van der Waals surface area contributed by atoms with E-state index in [2.05, 4.69) is 15.3 Å². The molecule has 0 radical (unpaired) electrons. The van der Waals surface area contributed by atoms with E-state index in [0.29, 0.717) is 0 Å². The molecule has 2 heterocycles. The SMILES string of the molecule is Cc1nc2cc(-n3cc(C(=O)O)nn3)ccc2s1. The normalized spacial score (nSPS) is 10.9. The van der Waals surface area contributed by atoms with Crippen LogP contribution in [0.2, 0.25) is 0 Å². The van der Waals surface area contributed by atoms with E-state index in [1.165, 1.54) is 10.9 Å². The highest BCUT2D eigenvalue weighted by Crippen LogP contribution is 2.23. The van der Waals surface area contributed by atoms with Crippen LogP contribution in [0.25, 0.3) is 15.9 Å². The Morgan fingerprint density at radius 3 is 3.00 bits per heavy atom. The molecule has 0 saturated heterocycles. The number of thiazole rings is 1. The molecule has 0 saturated carbocycles. The molecule has 7 heteroatoms. The molecule has 6 nitrogen and oxygen atoms in total. The number of carboxylic acids is 1. The van der Waals surface area contributed by atoms with E-state index in [4.69, 9.17) is 5.11 Å². The number of nitrogens with zero attached hydrogens (tertiary/aromatic N) is 4. The average Bonchev–Trinajstić information content (AvgIpc) is 2.91. The average molecular weight is 260 g/mol. The van der Waals surface area contributed by atoms with Gasteiger partial charge >= 0.3 is 5.97 Å². The lowest BCUT2D eigenvalue weighted by molar-refractivity contribution is 0.0690. The number of fused-ring (bicyclic) bond motifs is 1. The van der Waals surface area contributed by atoms with Crippen molar-refractivity contribution < 1.29 is 9.90 Å². The molecule has 1 N–H and O–H groups in total. The Balaban J connectivity index is 2.09. The van der Waals surface area contributed by atoms with Gasteiger partial charge in [-0.15, -0.1) is 16.4 Å². The second kappa shape index (κ2) is 3.88. The third-order valence-electron chi connectivity index (χ3n) is 2.46. The number of carbonyl (C=O) groups is 1. The number of rotatable bonds is 2. The molecule has 3 rings (SSSR count). The molecule has 0 spiro atoms. The lowest BCUT2D eigenvalue weighted by atomic mass is 10.3. The molecule has 0 unspecified atom stereocenters. The van der Waals surface area contributed by atoms with Crippen molar-refractivity contribution in [2.24, 2.45) is 0 Å². The predicted octanol–water partition coefficient (Wildman–Crippen LogP) is 1.88. The van der Waals surface area contributed by atoms with Gasteiger partial charge in [0.15, 0.2) is 5.69 Å². The number of hydrogen-bond donors (Lipinski definition) is 1. The van der Waals surface area contributed by atoms with E-state index in [9.17, 15) is 4.79 Å². The summed E-state index contributed by atoms with van der Waals surface area (Å²) in [6.07, 6.45) is 1.38. The molecule has 0 bridgehead atoms. The minimum atomic E-state index is -1.09. The lowest BCUT2D eigenvalue weighted by Gasteiger charge is -1.98. The van der Waals surface area contributed by atoms with Crippen molar-refractivity contribution in [1.29, 1.82) is 0 Å². The zero-order chi connectivity index (χ0) is 12.7. The summed E-state index contributed by atoms with van der Waals surface area (Å²) in [7, 11) is 0. The van der Waals surface area contributed by atoms with E-state index in [1.54, 1.807) is 11.3 Å². The van der Waals surface area contributed by atoms with Crippen LogP contribution < -0.4 is 0 Å². The lowest BCUT2D eigenvalue weighted by Crippen LogP contribution is -1.95. The fraction of sp³-hybridized carbons (Fsp3) is 0.0909. The largest absolute Gasteiger partial charge is 0.476 e. The van der Waals surface area contributed by atoms with Gasteiger partial charge in [-0.25, -0.2) is 14.5 Å². The van der Waals surface area contributed by atoms with Crippen molar-refractivity contribution in [3.63, 3.8) is 0 Å². The number of benzene rings is 1. The van der Waals surface area contributed by atoms with Crippen molar-refractivity contribution in [3.8, 4) is 5.69 Å². The number of hydrogen-bond acceptors (Lipinski definition) is 5. The van der Waals surface area contributed by atoms with E-state index < -0.39 is 5.97 Å². The fourth-order valence-corrected chi connectivity index (χ4v) is 2.47. The Kier molecular flexibility index (Phi) is 2.34. The molecule has 0 fully saturated rings. The van der Waals surface area contributed by atoms with Crippen molar-refractivity contribution in [1.82, 2.24) is 20.0 Å². The van der Waals surface area contributed by atoms with Crippen LogP contribution in [0, 0.1) is 6.92 Å². The maximum Gasteiger partial charge on any atom is 0.358 e. The summed E-state index contributed by atoms with van der Waals surface area (Å²) in [5.41, 5.74) is 1.54. The number of aromatic nitrogens is 4. The molecular formula is C11H8N4O2S. The summed E-state index contributed by atoms with van der Waals surface area (Å²) in [5, 5.41) is 17.1. The summed E-state index contributed by atoms with van der Waals surface area (Å²) >= 11 is 1.62. The van der Waals surface area contributed by atoms with Crippen molar-refractivity contribution in [2.45, 2.75) is 6.92 Å². The molecule has 0 aliphatic carbocycles. The molecular weight excluding hydrogens is 252 g/mol. The maximum absolute atomic E-state index is 10.7. The molecule has 0 aliphatic rings. The Morgan fingerprint density at radius 2 is 2.28 bits per heavy atom. The van der Waals surface area contributed by atoms with Crippen LogP contribution in [0.3, 0.4) is 0 Å². The summed E-state index contributed by atoms with van der Waals surface area (Å²) in [6, 6.07) is 5.66. The quantitative estimate of drug-likeness (QED) is 0.760. The molecule has 0 aliphatic heterocycles. The summed E-state index contributed by atoms with van der Waals surface area (Å²) in [6.45, 7) is 1.95. The van der Waals surface area contributed by atoms with Gasteiger partial charge in [-0.3, -0.25) is 0 Å². The molecule has 3 aromatic rings. The van der Waals surface area contributed by atoms with E-state index in [0.717, 1.165) is 20.9 Å². The topological polar surface area (TPSA) is 80.9 Å². The number of carboxylic acid groups (broad SMARTS) is 1. The Bertz CT molecular complexity index is 746. The van der Waals surface area contributed by atoms with Crippen LogP contribution >= 0.6 is 11.3 Å². The van der Waals surface area contributed by atoms with Gasteiger partial charge in [0, 0.05) is 0 Å². The predicted molar refractivity (Wildman–Crippen MR) is 66.2 cm³/mol. The molecule has 90 valence electrons. The van der Waals surface area contributed by atoms with Crippen LogP contribution in [-0.4, -0.2) is 31.1 Å². The van der Waals surface area contributed by atoms with Crippen LogP contribution in [-0.2, 0) is 0 Å². The molecule has 0 atom stereocenters. The highest BCUT2D eigenvalue weighted by Gasteiger charge is 2.10. The zero-order valence-corrected chi connectivity index (χ0v) is 10.2. The first-order chi connectivity index (χ1) is 8.63. The smallest absolute Gasteiger partial charge is 0.358 e. The first-order valence-corrected chi connectivity index (χ1v) is 5.98. The fourth-order valence-electron chi connectivity index (χ4n) is 1.66. The van der Waals surface area contributed by atoms with Gasteiger partial charge in [-0.2, -0.15) is 0 Å². The third kappa shape index (κ3) is 1.74. The van der Waals surface area contributed by atoms with E-state index in [-0.39, 0.29) is 5.69 Å². The second-order valence-corrected chi connectivity index (χ2v) is 4.97. The van der Waals surface area contributed by atoms with Crippen LogP contribution in [0.4, 0.5) is 0 Å².